The maximum Gasteiger partial charge on any atom is 0.301 e. The summed E-state index contributed by atoms with van der Waals surface area (Å²) >= 11 is 0. The Morgan fingerprint density at radius 3 is 2.47 bits per heavy atom. The number of aromatic nitrogens is 1. The molecule has 7 rings (SSSR count). The largest absolute Gasteiger partial charge is 0.301 e. The molecule has 0 saturated heterocycles. The van der Waals surface area contributed by atoms with Crippen molar-refractivity contribution in [2.75, 3.05) is 0 Å². The van der Waals surface area contributed by atoms with E-state index in [1.54, 1.807) is 18.5 Å². The molecule has 9 nitrogen and oxygen atoms in total. The molecule has 0 bridgehead atoms. The smallest absolute Gasteiger partial charge is 0.285 e. The fourth-order valence-corrected chi connectivity index (χ4v) is 6.16. The SMILES string of the molecule is O=C1N=CN=C2N=CN=C12.O=S(=O)(O)C1Cc2ccc3c4c(ccc3c2=CC1c1cccnc1)CC=CC=4. The van der Waals surface area contributed by atoms with Crippen LogP contribution in [-0.2, 0) is 27.8 Å². The predicted octanol–water partition coefficient (Wildman–Crippen LogP) is 1.94. The summed E-state index contributed by atoms with van der Waals surface area (Å²) < 4.78 is 34.2. The van der Waals surface area contributed by atoms with Crippen LogP contribution in [0.15, 0.2) is 80.9 Å². The summed E-state index contributed by atoms with van der Waals surface area (Å²) in [7, 11) is -4.21. The molecule has 2 unspecified atom stereocenters. The van der Waals surface area contributed by atoms with Crippen molar-refractivity contribution in [1.82, 2.24) is 4.98 Å². The third-order valence-corrected chi connectivity index (χ3v) is 8.18. The minimum absolute atomic E-state index is 0.238. The number of carbonyl (C=O) groups is 1. The van der Waals surface area contributed by atoms with Gasteiger partial charge in [0.25, 0.3) is 10.1 Å². The summed E-state index contributed by atoms with van der Waals surface area (Å²) in [6.07, 6.45) is 15.4. The number of amides is 1. The Bertz CT molecular complexity index is 1870. The van der Waals surface area contributed by atoms with Gasteiger partial charge in [-0.1, -0.05) is 54.6 Å². The van der Waals surface area contributed by atoms with Crippen molar-refractivity contribution in [3.63, 3.8) is 0 Å². The molecule has 1 amide bonds. The highest BCUT2D eigenvalue weighted by Crippen LogP contribution is 2.31. The van der Waals surface area contributed by atoms with Crippen LogP contribution in [0.3, 0.4) is 0 Å². The van der Waals surface area contributed by atoms with Crippen LogP contribution < -0.4 is 10.4 Å². The highest BCUT2D eigenvalue weighted by Gasteiger charge is 2.35. The lowest BCUT2D eigenvalue weighted by atomic mass is 9.84. The van der Waals surface area contributed by atoms with Gasteiger partial charge in [-0.25, -0.2) is 15.0 Å². The second-order valence-corrected chi connectivity index (χ2v) is 10.8. The first kappa shape index (κ1) is 24.0. The van der Waals surface area contributed by atoms with E-state index in [0.29, 0.717) is 5.84 Å². The molecule has 0 fully saturated rings. The molecule has 2 aliphatic heterocycles. The van der Waals surface area contributed by atoms with Gasteiger partial charge >= 0.3 is 5.91 Å². The van der Waals surface area contributed by atoms with Gasteiger partial charge in [-0.2, -0.15) is 13.4 Å². The van der Waals surface area contributed by atoms with E-state index in [0.717, 1.165) is 28.2 Å². The van der Waals surface area contributed by atoms with Crippen molar-refractivity contribution in [2.45, 2.75) is 24.0 Å². The molecule has 188 valence electrons. The maximum absolute atomic E-state index is 12.1. The van der Waals surface area contributed by atoms with Gasteiger partial charge in [-0.3, -0.25) is 14.3 Å². The molecule has 0 saturated carbocycles. The number of amidine groups is 1. The van der Waals surface area contributed by atoms with Crippen LogP contribution >= 0.6 is 0 Å². The number of nitrogens with zero attached hydrogens (tertiary/aromatic N) is 5. The number of aliphatic imine (C=N–C) groups is 4. The molecular weight excluding hydrogens is 502 g/mol. The first-order valence-electron chi connectivity index (χ1n) is 11.9. The number of benzene rings is 2. The molecule has 4 aliphatic rings. The van der Waals surface area contributed by atoms with Crippen molar-refractivity contribution >= 4 is 63.2 Å². The number of fused-ring (bicyclic) bond motifs is 6. The minimum atomic E-state index is -4.21. The Balaban J connectivity index is 0.000000221. The van der Waals surface area contributed by atoms with Gasteiger partial charge < -0.3 is 0 Å². The van der Waals surface area contributed by atoms with Gasteiger partial charge in [0.05, 0.1) is 0 Å². The molecule has 10 heteroatoms. The summed E-state index contributed by atoms with van der Waals surface area (Å²) in [5, 5.41) is 3.66. The fraction of sp³-hybridized carbons (Fsp3) is 0.143. The summed E-state index contributed by atoms with van der Waals surface area (Å²) in [5.74, 6) is -0.454. The van der Waals surface area contributed by atoms with Crippen molar-refractivity contribution in [3.05, 3.63) is 88.1 Å². The lowest BCUT2D eigenvalue weighted by molar-refractivity contribution is -0.111. The van der Waals surface area contributed by atoms with Crippen molar-refractivity contribution in [3.8, 4) is 0 Å². The van der Waals surface area contributed by atoms with Gasteiger partial charge in [0.15, 0.2) is 11.5 Å². The Morgan fingerprint density at radius 1 is 0.921 bits per heavy atom. The van der Waals surface area contributed by atoms with Gasteiger partial charge in [-0.15, -0.1) is 0 Å². The first-order chi connectivity index (χ1) is 18.4. The standard InChI is InChI=1S/C23H19NO3S.C5H2N4O/c25-28(26,27)23-12-16-8-10-19-18-6-2-1-4-15(18)7-9-20(19)21(16)13-22(23)17-5-3-11-24-14-17;10-5-3-4(7-1-6-3)8-2-9-5/h1-3,5-11,13-14,22-23H,4,12H2,(H,25,26,27);1-2H. The molecule has 2 aliphatic carbocycles. The van der Waals surface area contributed by atoms with Gasteiger partial charge in [0, 0.05) is 18.3 Å². The molecule has 2 atom stereocenters. The normalized spacial score (nSPS) is 20.7. The maximum atomic E-state index is 12.1. The lowest BCUT2D eigenvalue weighted by Gasteiger charge is -2.27. The summed E-state index contributed by atoms with van der Waals surface area (Å²) in [4.78, 5) is 29.4. The van der Waals surface area contributed by atoms with E-state index in [9.17, 15) is 17.8 Å². The zero-order valence-electron chi connectivity index (χ0n) is 20.0. The van der Waals surface area contributed by atoms with E-state index in [2.05, 4.69) is 61.4 Å². The Hall–Kier alpha value is -4.41. The molecule has 1 N–H and O–H groups in total. The summed E-state index contributed by atoms with van der Waals surface area (Å²) in [6, 6.07) is 12.0. The summed E-state index contributed by atoms with van der Waals surface area (Å²) in [5.41, 5.74) is 3.27. The van der Waals surface area contributed by atoms with Gasteiger partial charge in [0.1, 0.15) is 17.9 Å². The van der Waals surface area contributed by atoms with Crippen molar-refractivity contribution < 1.29 is 17.8 Å². The number of hydrogen-bond donors (Lipinski definition) is 1. The third kappa shape index (κ3) is 4.33. The molecule has 0 spiro atoms. The average Bonchev–Trinajstić information content (AvgIpc) is 3.43. The monoisotopic (exact) mass is 523 g/mol. The molecule has 1 aromatic heterocycles. The highest BCUT2D eigenvalue weighted by atomic mass is 32.2. The number of allylic oxidation sites excluding steroid dienone is 2. The number of pyridine rings is 1. The van der Waals surface area contributed by atoms with Crippen molar-refractivity contribution in [1.29, 1.82) is 0 Å². The van der Waals surface area contributed by atoms with Crippen LogP contribution in [0.5, 0.6) is 0 Å². The van der Waals surface area contributed by atoms with Crippen molar-refractivity contribution in [2.24, 2.45) is 20.0 Å². The topological polar surface area (TPSA) is 134 Å². The van der Waals surface area contributed by atoms with Crippen LogP contribution in [0, 0.1) is 0 Å². The van der Waals surface area contributed by atoms with Crippen LogP contribution in [0.2, 0.25) is 0 Å². The fourth-order valence-electron chi connectivity index (χ4n) is 5.16. The zero-order valence-corrected chi connectivity index (χ0v) is 20.8. The van der Waals surface area contributed by atoms with E-state index < -0.39 is 21.3 Å². The second kappa shape index (κ2) is 9.47. The minimum Gasteiger partial charge on any atom is -0.285 e. The molecule has 0 radical (unpaired) electrons. The molecular formula is C28H21N5O4S. The molecule has 2 aromatic carbocycles. The van der Waals surface area contributed by atoms with E-state index in [1.807, 2.05) is 18.2 Å². The Labute approximate surface area is 217 Å². The zero-order chi connectivity index (χ0) is 26.3. The number of hydrogen-bond acceptors (Lipinski definition) is 7. The number of carbonyl (C=O) groups excluding carboxylic acids is 1. The Kier molecular flexibility index (Phi) is 5.97. The van der Waals surface area contributed by atoms with Crippen LogP contribution in [0.25, 0.3) is 22.9 Å². The van der Waals surface area contributed by atoms with Gasteiger partial charge in [-0.05, 0) is 56.8 Å². The van der Waals surface area contributed by atoms with E-state index in [-0.39, 0.29) is 18.0 Å². The quantitative estimate of drug-likeness (QED) is 0.513. The van der Waals surface area contributed by atoms with Crippen LogP contribution in [-0.4, -0.2) is 53.3 Å². The van der Waals surface area contributed by atoms with Crippen LogP contribution in [0.4, 0.5) is 0 Å². The predicted molar refractivity (Wildman–Crippen MR) is 148 cm³/mol. The first-order valence-corrected chi connectivity index (χ1v) is 13.4. The van der Waals surface area contributed by atoms with Crippen LogP contribution in [0.1, 0.15) is 22.6 Å². The van der Waals surface area contributed by atoms with E-state index >= 15 is 0 Å². The molecule has 38 heavy (non-hydrogen) atoms. The number of rotatable bonds is 2. The van der Waals surface area contributed by atoms with Gasteiger partial charge in [0.2, 0.25) is 0 Å². The molecule has 3 heterocycles. The second-order valence-electron chi connectivity index (χ2n) is 9.13. The average molecular weight is 524 g/mol. The van der Waals surface area contributed by atoms with E-state index in [4.69, 9.17) is 0 Å². The Morgan fingerprint density at radius 2 is 1.71 bits per heavy atom. The highest BCUT2D eigenvalue weighted by molar-refractivity contribution is 7.86. The molecule has 3 aromatic rings. The lowest BCUT2D eigenvalue weighted by Crippen LogP contribution is -2.36. The van der Waals surface area contributed by atoms with E-state index in [1.165, 1.54) is 28.8 Å². The summed E-state index contributed by atoms with van der Waals surface area (Å²) in [6.45, 7) is 0. The third-order valence-electron chi connectivity index (χ3n) is 6.96.